The number of primary amides is 1. The van der Waals surface area contributed by atoms with Gasteiger partial charge in [-0.2, -0.15) is 0 Å². The molecule has 0 spiro atoms. The highest BCUT2D eigenvalue weighted by Gasteiger charge is 2.18. The minimum absolute atomic E-state index is 0.496. The Balaban J connectivity index is 2.69. The summed E-state index contributed by atoms with van der Waals surface area (Å²) in [6, 6.07) is 1.82. The number of esters is 1. The van der Waals surface area contributed by atoms with Crippen molar-refractivity contribution in [1.29, 1.82) is 0 Å². The summed E-state index contributed by atoms with van der Waals surface area (Å²) in [6.07, 6.45) is -0.885. The summed E-state index contributed by atoms with van der Waals surface area (Å²) in [5, 5.41) is 1.79. The highest BCUT2D eigenvalue weighted by molar-refractivity contribution is 7.12. The average molecular weight is 213 g/mol. The van der Waals surface area contributed by atoms with Crippen molar-refractivity contribution in [1.82, 2.24) is 0 Å². The van der Waals surface area contributed by atoms with Gasteiger partial charge in [0, 0.05) is 0 Å². The molecule has 1 atom stereocenters. The third-order valence-corrected chi connectivity index (χ3v) is 2.73. The van der Waals surface area contributed by atoms with Crippen molar-refractivity contribution in [3.63, 3.8) is 0 Å². The Bertz CT molecular complexity index is 359. The predicted octanol–water partition coefficient (Wildman–Crippen LogP) is 1.09. The molecule has 4 nitrogen and oxygen atoms in total. The average Bonchev–Trinajstić information content (AvgIpc) is 2.51. The van der Waals surface area contributed by atoms with Crippen molar-refractivity contribution in [3.8, 4) is 0 Å². The van der Waals surface area contributed by atoms with E-state index in [1.165, 1.54) is 18.3 Å². The molecule has 14 heavy (non-hydrogen) atoms. The van der Waals surface area contributed by atoms with Crippen molar-refractivity contribution in [2.45, 2.75) is 20.0 Å². The summed E-state index contributed by atoms with van der Waals surface area (Å²) in [5.41, 5.74) is 5.81. The molecule has 2 N–H and O–H groups in total. The summed E-state index contributed by atoms with van der Waals surface area (Å²) in [6.45, 7) is 3.26. The van der Waals surface area contributed by atoms with Gasteiger partial charge in [0.05, 0.1) is 0 Å². The van der Waals surface area contributed by atoms with Crippen LogP contribution in [0.25, 0.3) is 0 Å². The molecule has 0 radical (unpaired) electrons. The van der Waals surface area contributed by atoms with E-state index in [4.69, 9.17) is 10.5 Å². The molecule has 1 aromatic rings. The first-order valence-corrected chi connectivity index (χ1v) is 4.94. The van der Waals surface area contributed by atoms with Gasteiger partial charge in [-0.15, -0.1) is 11.3 Å². The molecule has 1 amide bonds. The Morgan fingerprint density at radius 3 is 2.64 bits per heavy atom. The number of carbonyl (C=O) groups is 2. The van der Waals surface area contributed by atoms with Crippen molar-refractivity contribution in [2.24, 2.45) is 5.73 Å². The summed E-state index contributed by atoms with van der Waals surface area (Å²) in [5.74, 6) is -1.14. The third kappa shape index (κ3) is 2.32. The summed E-state index contributed by atoms with van der Waals surface area (Å²) in [7, 11) is 0. The number of aryl methyl sites for hydroxylation is 1. The molecule has 5 heteroatoms. The molecule has 0 aliphatic carbocycles. The van der Waals surface area contributed by atoms with E-state index in [0.717, 1.165) is 5.56 Å². The smallest absolute Gasteiger partial charge is 0.349 e. The maximum atomic E-state index is 11.4. The lowest BCUT2D eigenvalue weighted by atomic mass is 10.3. The van der Waals surface area contributed by atoms with Gasteiger partial charge in [-0.25, -0.2) is 4.79 Å². The Morgan fingerprint density at radius 1 is 1.57 bits per heavy atom. The van der Waals surface area contributed by atoms with Crippen LogP contribution in [0.3, 0.4) is 0 Å². The van der Waals surface area contributed by atoms with Gasteiger partial charge in [-0.1, -0.05) is 0 Å². The minimum Gasteiger partial charge on any atom is -0.448 e. The van der Waals surface area contributed by atoms with E-state index in [9.17, 15) is 9.59 Å². The van der Waals surface area contributed by atoms with Crippen LogP contribution in [0.2, 0.25) is 0 Å². The molecule has 0 saturated heterocycles. The maximum absolute atomic E-state index is 11.4. The van der Waals surface area contributed by atoms with E-state index in [1.807, 2.05) is 13.0 Å². The molecule has 1 aromatic heterocycles. The van der Waals surface area contributed by atoms with Crippen LogP contribution in [-0.2, 0) is 9.53 Å². The molecule has 1 heterocycles. The number of rotatable bonds is 3. The van der Waals surface area contributed by atoms with Crippen LogP contribution < -0.4 is 5.73 Å². The number of amides is 1. The zero-order chi connectivity index (χ0) is 10.7. The van der Waals surface area contributed by atoms with Gasteiger partial charge >= 0.3 is 5.97 Å². The molecule has 0 fully saturated rings. The van der Waals surface area contributed by atoms with E-state index in [2.05, 4.69) is 0 Å². The largest absolute Gasteiger partial charge is 0.448 e. The van der Waals surface area contributed by atoms with Gasteiger partial charge in [0.1, 0.15) is 4.88 Å². The second-order valence-corrected chi connectivity index (χ2v) is 3.80. The zero-order valence-electron chi connectivity index (χ0n) is 7.94. The van der Waals surface area contributed by atoms with Gasteiger partial charge in [-0.3, -0.25) is 4.79 Å². The Morgan fingerprint density at radius 2 is 2.21 bits per heavy atom. The summed E-state index contributed by atoms with van der Waals surface area (Å²) >= 11 is 1.28. The molecular weight excluding hydrogens is 202 g/mol. The van der Waals surface area contributed by atoms with Crippen LogP contribution in [0.1, 0.15) is 22.2 Å². The van der Waals surface area contributed by atoms with Crippen LogP contribution in [0.5, 0.6) is 0 Å². The number of carbonyl (C=O) groups excluding carboxylic acids is 2. The fourth-order valence-corrected chi connectivity index (χ4v) is 1.66. The summed E-state index contributed by atoms with van der Waals surface area (Å²) < 4.78 is 4.83. The second-order valence-electron chi connectivity index (χ2n) is 2.88. The molecule has 0 bridgehead atoms. The number of hydrogen-bond donors (Lipinski definition) is 1. The third-order valence-electron chi connectivity index (χ3n) is 1.73. The van der Waals surface area contributed by atoms with Gasteiger partial charge in [0.25, 0.3) is 5.91 Å². The first kappa shape index (κ1) is 10.7. The SMILES string of the molecule is Cc1ccsc1C(=O)O[C@@H](C)C(N)=O. The van der Waals surface area contributed by atoms with Gasteiger partial charge in [-0.05, 0) is 30.9 Å². The van der Waals surface area contributed by atoms with E-state index in [-0.39, 0.29) is 0 Å². The quantitative estimate of drug-likeness (QED) is 0.764. The highest BCUT2D eigenvalue weighted by atomic mass is 32.1. The topological polar surface area (TPSA) is 69.4 Å². The van der Waals surface area contributed by atoms with E-state index in [0.29, 0.717) is 4.88 Å². The Hall–Kier alpha value is -1.36. The molecule has 1 rings (SSSR count). The molecule has 0 aromatic carbocycles. The first-order chi connectivity index (χ1) is 6.52. The van der Waals surface area contributed by atoms with Crippen molar-refractivity contribution < 1.29 is 14.3 Å². The van der Waals surface area contributed by atoms with Gasteiger partial charge in [0.15, 0.2) is 6.10 Å². The lowest BCUT2D eigenvalue weighted by Gasteiger charge is -2.08. The van der Waals surface area contributed by atoms with Crippen LogP contribution in [0.15, 0.2) is 11.4 Å². The standard InChI is InChI=1S/C9H11NO3S/c1-5-3-4-14-7(5)9(12)13-6(2)8(10)11/h3-4,6H,1-2H3,(H2,10,11)/t6-/m0/s1. The van der Waals surface area contributed by atoms with Crippen molar-refractivity contribution >= 4 is 23.2 Å². The number of ether oxygens (including phenoxy) is 1. The molecule has 0 saturated carbocycles. The van der Waals surface area contributed by atoms with E-state index in [1.54, 1.807) is 5.38 Å². The van der Waals surface area contributed by atoms with Crippen LogP contribution in [0.4, 0.5) is 0 Å². The lowest BCUT2D eigenvalue weighted by molar-refractivity contribution is -0.125. The minimum atomic E-state index is -0.885. The van der Waals surface area contributed by atoms with Crippen molar-refractivity contribution in [3.05, 3.63) is 21.9 Å². The molecule has 76 valence electrons. The Labute approximate surface area is 85.7 Å². The van der Waals surface area contributed by atoms with Gasteiger partial charge in [0.2, 0.25) is 0 Å². The number of hydrogen-bond acceptors (Lipinski definition) is 4. The highest BCUT2D eigenvalue weighted by Crippen LogP contribution is 2.17. The molecular formula is C9H11NO3S. The van der Waals surface area contributed by atoms with Crippen LogP contribution >= 0.6 is 11.3 Å². The number of nitrogens with two attached hydrogens (primary N) is 1. The van der Waals surface area contributed by atoms with Crippen LogP contribution in [0, 0.1) is 6.92 Å². The van der Waals surface area contributed by atoms with Crippen LogP contribution in [-0.4, -0.2) is 18.0 Å². The lowest BCUT2D eigenvalue weighted by Crippen LogP contribution is -2.30. The Kier molecular flexibility index (Phi) is 3.24. The fraction of sp³-hybridized carbons (Fsp3) is 0.333. The normalized spacial score (nSPS) is 12.1. The first-order valence-electron chi connectivity index (χ1n) is 4.06. The molecule has 0 unspecified atom stereocenters. The molecule has 0 aliphatic rings. The second kappa shape index (κ2) is 4.23. The van der Waals surface area contributed by atoms with E-state index >= 15 is 0 Å². The van der Waals surface area contributed by atoms with E-state index < -0.39 is 18.0 Å². The summed E-state index contributed by atoms with van der Waals surface area (Å²) in [4.78, 5) is 22.6. The predicted molar refractivity (Wildman–Crippen MR) is 53.1 cm³/mol. The molecule has 0 aliphatic heterocycles. The zero-order valence-corrected chi connectivity index (χ0v) is 8.76. The van der Waals surface area contributed by atoms with Crippen molar-refractivity contribution in [2.75, 3.05) is 0 Å². The number of thiophene rings is 1. The fourth-order valence-electron chi connectivity index (χ4n) is 0.854. The monoisotopic (exact) mass is 213 g/mol. The maximum Gasteiger partial charge on any atom is 0.349 e. The van der Waals surface area contributed by atoms with Gasteiger partial charge < -0.3 is 10.5 Å².